The molecule has 1 aliphatic rings. The number of rotatable bonds is 7. The number of carbonyl (C=O) groups is 2. The zero-order valence-electron chi connectivity index (χ0n) is 15.9. The van der Waals surface area contributed by atoms with Crippen molar-refractivity contribution in [1.29, 1.82) is 0 Å². The fourth-order valence-electron chi connectivity index (χ4n) is 2.75. The van der Waals surface area contributed by atoms with Crippen LogP contribution in [-0.4, -0.2) is 35.9 Å². The van der Waals surface area contributed by atoms with Crippen LogP contribution in [0.4, 0.5) is 5.69 Å². The van der Waals surface area contributed by atoms with E-state index in [-0.39, 0.29) is 5.91 Å². The first-order chi connectivity index (χ1) is 13.9. The van der Waals surface area contributed by atoms with Crippen molar-refractivity contribution in [1.82, 2.24) is 0 Å². The molecule has 0 aromatic heterocycles. The molecule has 0 bridgehead atoms. The van der Waals surface area contributed by atoms with Crippen LogP contribution >= 0.6 is 11.6 Å². The van der Waals surface area contributed by atoms with Gasteiger partial charge in [-0.3, -0.25) is 4.79 Å². The van der Waals surface area contributed by atoms with Crippen LogP contribution in [0.5, 0.6) is 11.5 Å². The molecule has 1 heterocycles. The molecule has 150 valence electrons. The lowest BCUT2D eigenvalue weighted by Crippen LogP contribution is -2.21. The molecule has 0 unspecified atom stereocenters. The lowest BCUT2D eigenvalue weighted by molar-refractivity contribution is -0.139. The molecule has 7 nitrogen and oxygen atoms in total. The molecule has 0 aliphatic carbocycles. The van der Waals surface area contributed by atoms with Crippen molar-refractivity contribution in [2.24, 2.45) is 5.10 Å². The van der Waals surface area contributed by atoms with E-state index in [1.54, 1.807) is 55.5 Å². The van der Waals surface area contributed by atoms with Gasteiger partial charge in [0.15, 0.2) is 18.1 Å². The summed E-state index contributed by atoms with van der Waals surface area (Å²) < 4.78 is 10.8. The summed E-state index contributed by atoms with van der Waals surface area (Å²) in [5.41, 5.74) is 2.34. The number of ether oxygens (including phenoxy) is 2. The molecule has 29 heavy (non-hydrogen) atoms. The van der Waals surface area contributed by atoms with Crippen molar-refractivity contribution in [3.05, 3.63) is 58.6 Å². The first-order valence-corrected chi connectivity index (χ1v) is 9.25. The average molecular weight is 415 g/mol. The van der Waals surface area contributed by atoms with Crippen molar-refractivity contribution in [2.75, 3.05) is 18.2 Å². The molecule has 0 atom stereocenters. The number of amides is 1. The quantitative estimate of drug-likeness (QED) is 0.691. The molecule has 8 heteroatoms. The number of anilines is 1. The van der Waals surface area contributed by atoms with Crippen LogP contribution < -0.4 is 14.5 Å². The van der Waals surface area contributed by atoms with E-state index in [4.69, 9.17) is 26.2 Å². The number of carboxylic acids is 1. The highest BCUT2D eigenvalue weighted by Crippen LogP contribution is 2.31. The second kappa shape index (κ2) is 8.79. The van der Waals surface area contributed by atoms with Gasteiger partial charge in [-0.05, 0) is 61.9 Å². The summed E-state index contributed by atoms with van der Waals surface area (Å²) in [5.74, 6) is -0.613. The summed E-state index contributed by atoms with van der Waals surface area (Å²) >= 11 is 5.91. The van der Waals surface area contributed by atoms with Crippen LogP contribution in [0, 0.1) is 0 Å². The zero-order chi connectivity index (χ0) is 21.0. The van der Waals surface area contributed by atoms with E-state index in [1.807, 2.05) is 6.92 Å². The number of carboxylic acid groups (broad SMARTS) is 1. The second-order valence-corrected chi connectivity index (χ2v) is 6.59. The van der Waals surface area contributed by atoms with Crippen molar-refractivity contribution < 1.29 is 24.2 Å². The summed E-state index contributed by atoms with van der Waals surface area (Å²) in [6, 6.07) is 11.9. The van der Waals surface area contributed by atoms with Crippen LogP contribution in [0.2, 0.25) is 5.02 Å². The number of hydrogen-bond acceptors (Lipinski definition) is 5. The number of benzene rings is 2. The highest BCUT2D eigenvalue weighted by Gasteiger charge is 2.28. The lowest BCUT2D eigenvalue weighted by atomic mass is 10.1. The Balaban J connectivity index is 1.88. The fourth-order valence-corrected chi connectivity index (χ4v) is 2.88. The second-order valence-electron chi connectivity index (χ2n) is 6.16. The van der Waals surface area contributed by atoms with E-state index in [1.165, 1.54) is 5.01 Å². The third kappa shape index (κ3) is 4.75. The Labute approximate surface area is 172 Å². The molecule has 0 saturated carbocycles. The van der Waals surface area contributed by atoms with Gasteiger partial charge in [-0.25, -0.2) is 4.79 Å². The largest absolute Gasteiger partial charge is 0.490 e. The van der Waals surface area contributed by atoms with Crippen molar-refractivity contribution in [3.8, 4) is 11.5 Å². The van der Waals surface area contributed by atoms with E-state index in [0.717, 1.165) is 0 Å². The Kier molecular flexibility index (Phi) is 6.19. The first-order valence-electron chi connectivity index (χ1n) is 8.87. The predicted molar refractivity (Wildman–Crippen MR) is 111 cm³/mol. The molecular formula is C21H19ClN2O5. The third-order valence-corrected chi connectivity index (χ3v) is 4.32. The van der Waals surface area contributed by atoms with Gasteiger partial charge in [0.1, 0.15) is 0 Å². The number of hydrazone groups is 1. The minimum atomic E-state index is -1.08. The standard InChI is InChI=1S/C21H19ClN2O5/c1-3-28-19-11-14(4-9-18(19)29-12-20(25)26)10-17-13(2)23-24(21(17)27)16-7-5-15(22)6-8-16/h4-11H,3,12H2,1-2H3,(H,25,26)/b17-10-. The SMILES string of the molecule is CCOc1cc(/C=C2\C(=O)N(c3ccc(Cl)cc3)N=C2C)ccc1OCC(=O)O. The van der Waals surface area contributed by atoms with Gasteiger partial charge in [0, 0.05) is 5.02 Å². The summed E-state index contributed by atoms with van der Waals surface area (Å²) in [7, 11) is 0. The topological polar surface area (TPSA) is 88.4 Å². The Morgan fingerprint density at radius 3 is 2.55 bits per heavy atom. The summed E-state index contributed by atoms with van der Waals surface area (Å²) in [6.45, 7) is 3.48. The maximum Gasteiger partial charge on any atom is 0.341 e. The van der Waals surface area contributed by atoms with E-state index >= 15 is 0 Å². The van der Waals surface area contributed by atoms with Gasteiger partial charge in [0.2, 0.25) is 0 Å². The Bertz CT molecular complexity index is 999. The fraction of sp³-hybridized carbons (Fsp3) is 0.190. The number of aliphatic carboxylic acids is 1. The number of carbonyl (C=O) groups excluding carboxylic acids is 1. The van der Waals surface area contributed by atoms with E-state index < -0.39 is 12.6 Å². The van der Waals surface area contributed by atoms with Gasteiger partial charge in [-0.15, -0.1) is 0 Å². The van der Waals surface area contributed by atoms with Crippen molar-refractivity contribution >= 4 is 41.0 Å². The van der Waals surface area contributed by atoms with Gasteiger partial charge in [0.05, 0.1) is 23.6 Å². The van der Waals surface area contributed by atoms with Crippen LogP contribution in [0.25, 0.3) is 6.08 Å². The first kappa shape index (κ1) is 20.4. The molecule has 0 fully saturated rings. The van der Waals surface area contributed by atoms with Gasteiger partial charge < -0.3 is 14.6 Å². The number of hydrogen-bond donors (Lipinski definition) is 1. The molecule has 1 aliphatic heterocycles. The normalized spacial score (nSPS) is 14.9. The molecule has 1 N–H and O–H groups in total. The molecule has 0 radical (unpaired) electrons. The maximum absolute atomic E-state index is 12.8. The Hall–Kier alpha value is -3.32. The molecule has 2 aromatic rings. The Morgan fingerprint density at radius 1 is 1.17 bits per heavy atom. The zero-order valence-corrected chi connectivity index (χ0v) is 16.6. The predicted octanol–water partition coefficient (Wildman–Crippen LogP) is 4.01. The van der Waals surface area contributed by atoms with Crippen LogP contribution in [0.1, 0.15) is 19.4 Å². The molecule has 0 spiro atoms. The van der Waals surface area contributed by atoms with Crippen LogP contribution in [-0.2, 0) is 9.59 Å². The van der Waals surface area contributed by atoms with Crippen LogP contribution in [0.15, 0.2) is 53.1 Å². The van der Waals surface area contributed by atoms with Gasteiger partial charge in [-0.2, -0.15) is 10.1 Å². The number of halogens is 1. The lowest BCUT2D eigenvalue weighted by Gasteiger charge is -2.12. The molecule has 3 rings (SSSR count). The van der Waals surface area contributed by atoms with Crippen molar-refractivity contribution in [2.45, 2.75) is 13.8 Å². The van der Waals surface area contributed by atoms with Crippen LogP contribution in [0.3, 0.4) is 0 Å². The highest BCUT2D eigenvalue weighted by atomic mass is 35.5. The highest BCUT2D eigenvalue weighted by molar-refractivity contribution is 6.32. The Morgan fingerprint density at radius 2 is 1.90 bits per heavy atom. The summed E-state index contributed by atoms with van der Waals surface area (Å²) in [6.07, 6.45) is 1.71. The third-order valence-electron chi connectivity index (χ3n) is 4.06. The van der Waals surface area contributed by atoms with Gasteiger partial charge >= 0.3 is 5.97 Å². The van der Waals surface area contributed by atoms with Gasteiger partial charge in [-0.1, -0.05) is 17.7 Å². The van der Waals surface area contributed by atoms with E-state index in [0.29, 0.717) is 45.7 Å². The molecule has 2 aromatic carbocycles. The van der Waals surface area contributed by atoms with Crippen molar-refractivity contribution in [3.63, 3.8) is 0 Å². The van der Waals surface area contributed by atoms with E-state index in [2.05, 4.69) is 5.10 Å². The summed E-state index contributed by atoms with van der Waals surface area (Å²) in [5, 5.41) is 15.0. The summed E-state index contributed by atoms with van der Waals surface area (Å²) in [4.78, 5) is 23.6. The minimum Gasteiger partial charge on any atom is -0.490 e. The molecular weight excluding hydrogens is 396 g/mol. The minimum absolute atomic E-state index is 0.256. The maximum atomic E-state index is 12.8. The molecule has 1 amide bonds. The van der Waals surface area contributed by atoms with E-state index in [9.17, 15) is 9.59 Å². The smallest absolute Gasteiger partial charge is 0.341 e. The monoisotopic (exact) mass is 414 g/mol. The molecule has 0 saturated heterocycles. The van der Waals surface area contributed by atoms with Gasteiger partial charge in [0.25, 0.3) is 5.91 Å². The average Bonchev–Trinajstić information content (AvgIpc) is 2.96. The number of nitrogens with zero attached hydrogens (tertiary/aromatic N) is 2.